The SMILES string of the molecule is c1ccc(-n2c3[n+](c4c5ncccc5sc42)Cc2ccccc2-3)cc1. The fourth-order valence-electron chi connectivity index (χ4n) is 3.91. The van der Waals surface area contributed by atoms with Crippen molar-refractivity contribution in [3.05, 3.63) is 78.5 Å². The molecule has 0 fully saturated rings. The van der Waals surface area contributed by atoms with Gasteiger partial charge in [0, 0.05) is 11.8 Å². The molecule has 5 aromatic rings. The normalized spacial score (nSPS) is 12.6. The summed E-state index contributed by atoms with van der Waals surface area (Å²) in [6.45, 7) is 0.907. The number of imidazole rings is 1. The molecule has 3 aromatic heterocycles. The lowest BCUT2D eigenvalue weighted by molar-refractivity contribution is -0.645. The summed E-state index contributed by atoms with van der Waals surface area (Å²) >= 11 is 1.82. The maximum Gasteiger partial charge on any atom is 0.296 e. The number of fused-ring (bicyclic) bond motifs is 7. The first-order chi connectivity index (χ1) is 12.4. The maximum absolute atomic E-state index is 4.69. The van der Waals surface area contributed by atoms with E-state index in [1.807, 2.05) is 23.6 Å². The summed E-state index contributed by atoms with van der Waals surface area (Å²) in [5.74, 6) is 1.26. The third-order valence-electron chi connectivity index (χ3n) is 4.95. The van der Waals surface area contributed by atoms with Crippen LogP contribution in [0.2, 0.25) is 0 Å². The smallest absolute Gasteiger partial charge is 0.251 e. The van der Waals surface area contributed by atoms with Gasteiger partial charge in [0.05, 0.1) is 10.3 Å². The molecule has 0 unspecified atom stereocenters. The number of benzene rings is 2. The molecule has 25 heavy (non-hydrogen) atoms. The first-order valence-electron chi connectivity index (χ1n) is 8.37. The van der Waals surface area contributed by atoms with E-state index in [9.17, 15) is 0 Å². The lowest BCUT2D eigenvalue weighted by Gasteiger charge is -2.00. The van der Waals surface area contributed by atoms with E-state index in [2.05, 4.69) is 69.8 Å². The second kappa shape index (κ2) is 4.77. The number of aromatic nitrogens is 3. The van der Waals surface area contributed by atoms with Crippen molar-refractivity contribution in [2.24, 2.45) is 0 Å². The molecule has 0 amide bonds. The highest BCUT2D eigenvalue weighted by molar-refractivity contribution is 7.25. The summed E-state index contributed by atoms with van der Waals surface area (Å²) in [6, 6.07) is 23.5. The van der Waals surface area contributed by atoms with Gasteiger partial charge in [0.2, 0.25) is 10.3 Å². The summed E-state index contributed by atoms with van der Waals surface area (Å²) < 4.78 is 6.07. The largest absolute Gasteiger partial charge is 0.296 e. The Bertz CT molecular complexity index is 1260. The molecule has 0 aliphatic carbocycles. The Balaban J connectivity index is 1.83. The molecule has 1 aliphatic heterocycles. The van der Waals surface area contributed by atoms with Gasteiger partial charge < -0.3 is 0 Å². The monoisotopic (exact) mass is 340 g/mol. The van der Waals surface area contributed by atoms with Crippen LogP contribution in [0.15, 0.2) is 72.9 Å². The third kappa shape index (κ3) is 1.69. The number of pyridine rings is 1. The molecule has 0 saturated heterocycles. The van der Waals surface area contributed by atoms with Crippen LogP contribution in [0.1, 0.15) is 5.56 Å². The molecule has 1 aliphatic rings. The standard InChI is InChI=1S/C21H14N3S/c1-2-8-15(9-3-1)24-20-16-10-5-4-7-14(16)13-23(20)19-18-17(25-21(19)24)11-6-12-22-18/h1-12H,13H2/q+1. The summed E-state index contributed by atoms with van der Waals surface area (Å²) in [5, 5.41) is 0. The summed E-state index contributed by atoms with van der Waals surface area (Å²) in [5.41, 5.74) is 6.24. The quantitative estimate of drug-likeness (QED) is 0.402. The van der Waals surface area contributed by atoms with E-state index in [0.29, 0.717) is 0 Å². The van der Waals surface area contributed by atoms with Crippen molar-refractivity contribution in [3.63, 3.8) is 0 Å². The van der Waals surface area contributed by atoms with Crippen molar-refractivity contribution in [2.45, 2.75) is 6.54 Å². The Hall–Kier alpha value is -2.98. The Morgan fingerprint density at radius 3 is 2.68 bits per heavy atom. The molecule has 0 N–H and O–H groups in total. The zero-order chi connectivity index (χ0) is 16.4. The lowest BCUT2D eigenvalue weighted by atomic mass is 10.1. The number of para-hydroxylation sites is 1. The van der Waals surface area contributed by atoms with Crippen LogP contribution in [-0.2, 0) is 6.54 Å². The van der Waals surface area contributed by atoms with E-state index in [4.69, 9.17) is 4.98 Å². The van der Waals surface area contributed by atoms with Crippen molar-refractivity contribution < 1.29 is 4.57 Å². The molecular formula is C21H14N3S+. The van der Waals surface area contributed by atoms with E-state index >= 15 is 0 Å². The van der Waals surface area contributed by atoms with Gasteiger partial charge >= 0.3 is 0 Å². The highest BCUT2D eigenvalue weighted by Crippen LogP contribution is 2.39. The fourth-order valence-corrected chi connectivity index (χ4v) is 5.09. The topological polar surface area (TPSA) is 21.7 Å². The van der Waals surface area contributed by atoms with Gasteiger partial charge in [-0.2, -0.15) is 4.57 Å². The minimum absolute atomic E-state index is 0.907. The van der Waals surface area contributed by atoms with Crippen molar-refractivity contribution in [1.82, 2.24) is 9.55 Å². The van der Waals surface area contributed by atoms with Crippen molar-refractivity contribution >= 4 is 31.9 Å². The number of thiophene rings is 1. The van der Waals surface area contributed by atoms with E-state index in [1.165, 1.54) is 37.7 Å². The van der Waals surface area contributed by atoms with Crippen LogP contribution in [0.25, 0.3) is 37.6 Å². The van der Waals surface area contributed by atoms with Crippen LogP contribution in [0.4, 0.5) is 0 Å². The van der Waals surface area contributed by atoms with Gasteiger partial charge in [0.1, 0.15) is 17.7 Å². The third-order valence-corrected chi connectivity index (χ3v) is 6.06. The van der Waals surface area contributed by atoms with Crippen LogP contribution >= 0.6 is 11.3 Å². The molecular weight excluding hydrogens is 326 g/mol. The number of hydrogen-bond donors (Lipinski definition) is 0. The predicted octanol–water partition coefficient (Wildman–Crippen LogP) is 4.56. The minimum atomic E-state index is 0.907. The van der Waals surface area contributed by atoms with Crippen LogP contribution in [0.3, 0.4) is 0 Å². The molecule has 118 valence electrons. The van der Waals surface area contributed by atoms with Crippen LogP contribution in [0.5, 0.6) is 0 Å². The average Bonchev–Trinajstić information content (AvgIpc) is 3.29. The Morgan fingerprint density at radius 1 is 0.920 bits per heavy atom. The molecule has 4 heterocycles. The van der Waals surface area contributed by atoms with Gasteiger partial charge in [-0.3, -0.25) is 4.98 Å². The van der Waals surface area contributed by atoms with E-state index in [0.717, 1.165) is 12.1 Å². The minimum Gasteiger partial charge on any atom is -0.251 e. The van der Waals surface area contributed by atoms with E-state index in [1.54, 1.807) is 0 Å². The second-order valence-electron chi connectivity index (χ2n) is 6.34. The van der Waals surface area contributed by atoms with Crippen molar-refractivity contribution in [2.75, 3.05) is 0 Å². The summed E-state index contributed by atoms with van der Waals surface area (Å²) in [6.07, 6.45) is 1.89. The molecule has 3 nitrogen and oxygen atoms in total. The number of nitrogens with zero attached hydrogens (tertiary/aromatic N) is 3. The molecule has 0 bridgehead atoms. The van der Waals surface area contributed by atoms with Gasteiger partial charge in [-0.05, 0) is 30.3 Å². The van der Waals surface area contributed by atoms with Gasteiger partial charge in [-0.15, -0.1) is 0 Å². The Morgan fingerprint density at radius 2 is 1.76 bits per heavy atom. The summed E-state index contributed by atoms with van der Waals surface area (Å²) in [7, 11) is 0. The molecule has 0 atom stereocenters. The highest BCUT2D eigenvalue weighted by Gasteiger charge is 2.37. The van der Waals surface area contributed by atoms with Gasteiger partial charge in [0.25, 0.3) is 5.82 Å². The van der Waals surface area contributed by atoms with Gasteiger partial charge in [-0.25, -0.2) is 4.57 Å². The van der Waals surface area contributed by atoms with E-state index < -0.39 is 0 Å². The first-order valence-corrected chi connectivity index (χ1v) is 9.19. The second-order valence-corrected chi connectivity index (χ2v) is 7.37. The number of hydrogen-bond acceptors (Lipinski definition) is 2. The molecule has 6 rings (SSSR count). The van der Waals surface area contributed by atoms with Crippen molar-refractivity contribution in [3.8, 4) is 17.1 Å². The van der Waals surface area contributed by atoms with Crippen LogP contribution in [-0.4, -0.2) is 9.55 Å². The zero-order valence-electron chi connectivity index (χ0n) is 13.4. The fraction of sp³-hybridized carbons (Fsp3) is 0.0476. The van der Waals surface area contributed by atoms with E-state index in [-0.39, 0.29) is 0 Å². The van der Waals surface area contributed by atoms with Gasteiger partial charge in [0.15, 0.2) is 0 Å². The van der Waals surface area contributed by atoms with Gasteiger partial charge in [-0.1, -0.05) is 47.7 Å². The zero-order valence-corrected chi connectivity index (χ0v) is 14.2. The van der Waals surface area contributed by atoms with Crippen LogP contribution < -0.4 is 4.57 Å². The Labute approximate surface area is 148 Å². The maximum atomic E-state index is 4.69. The van der Waals surface area contributed by atoms with Crippen LogP contribution in [0, 0.1) is 0 Å². The lowest BCUT2D eigenvalue weighted by Crippen LogP contribution is -2.31. The molecule has 4 heteroatoms. The predicted molar refractivity (Wildman–Crippen MR) is 101 cm³/mol. The first kappa shape index (κ1) is 13.3. The molecule has 2 aromatic carbocycles. The van der Waals surface area contributed by atoms with Crippen molar-refractivity contribution in [1.29, 1.82) is 0 Å². The number of rotatable bonds is 1. The highest BCUT2D eigenvalue weighted by atomic mass is 32.1. The molecule has 0 spiro atoms. The summed E-state index contributed by atoms with van der Waals surface area (Å²) in [4.78, 5) is 5.96. The molecule has 0 saturated carbocycles. The Kier molecular flexibility index (Phi) is 2.54. The average molecular weight is 340 g/mol. The molecule has 0 radical (unpaired) electrons.